The number of piperidine rings is 1. The maximum atomic E-state index is 14.4. The Morgan fingerprint density at radius 2 is 2.27 bits per heavy atom. The molecule has 1 atom stereocenters. The minimum absolute atomic E-state index is 0.200. The van der Waals surface area contributed by atoms with E-state index in [0.717, 1.165) is 49.8 Å². The van der Waals surface area contributed by atoms with Crippen LogP contribution >= 0.6 is 11.6 Å². The lowest BCUT2D eigenvalue weighted by atomic mass is 9.98. The standard InChI is InChI=1S/C21H23ClFN7/c22-15-8-16-17(11-27-19(16)26-10-15)20-28-12-18(23)21(29-20)25-9-14-4-3-7-30(13-14)6-2-1-5-24/h8,10-12,14H,1-4,6-7,9,13H2,(H,26,27)(H,25,28,29)/t14-/m0/s1. The third kappa shape index (κ3) is 4.69. The van der Waals surface area contributed by atoms with Crippen molar-refractivity contribution >= 4 is 28.5 Å². The first-order chi connectivity index (χ1) is 14.6. The van der Waals surface area contributed by atoms with Gasteiger partial charge in [0, 0.05) is 42.9 Å². The fourth-order valence-electron chi connectivity index (χ4n) is 3.93. The molecule has 1 aliphatic heterocycles. The zero-order chi connectivity index (χ0) is 20.9. The zero-order valence-electron chi connectivity index (χ0n) is 16.5. The number of H-pyrrole nitrogens is 1. The summed E-state index contributed by atoms with van der Waals surface area (Å²) >= 11 is 6.07. The number of nitriles is 1. The first-order valence-electron chi connectivity index (χ1n) is 10.1. The van der Waals surface area contributed by atoms with Crippen molar-refractivity contribution in [2.75, 3.05) is 31.5 Å². The molecule has 1 aliphatic rings. The van der Waals surface area contributed by atoms with Gasteiger partial charge >= 0.3 is 0 Å². The Bertz CT molecular complexity index is 1060. The number of halogens is 2. The van der Waals surface area contributed by atoms with Crippen LogP contribution in [0.5, 0.6) is 0 Å². The van der Waals surface area contributed by atoms with Crippen LogP contribution in [0.25, 0.3) is 22.4 Å². The molecule has 156 valence electrons. The SMILES string of the molecule is N#CCCCN1CCC[C@@H](CNc2nc(-c3c[nH]c4ncc(Cl)cc34)ncc2F)C1. The minimum Gasteiger partial charge on any atom is -0.367 e. The second-order valence-electron chi connectivity index (χ2n) is 7.59. The molecule has 30 heavy (non-hydrogen) atoms. The van der Waals surface area contributed by atoms with Crippen molar-refractivity contribution in [3.8, 4) is 17.5 Å². The minimum atomic E-state index is -0.476. The van der Waals surface area contributed by atoms with E-state index in [4.69, 9.17) is 16.9 Å². The van der Waals surface area contributed by atoms with Crippen LogP contribution in [-0.4, -0.2) is 51.0 Å². The molecule has 4 heterocycles. The Balaban J connectivity index is 1.45. The Morgan fingerprint density at radius 3 is 3.13 bits per heavy atom. The normalized spacial score (nSPS) is 17.2. The van der Waals surface area contributed by atoms with Gasteiger partial charge < -0.3 is 15.2 Å². The molecule has 0 aliphatic carbocycles. The van der Waals surface area contributed by atoms with E-state index in [1.165, 1.54) is 6.20 Å². The highest BCUT2D eigenvalue weighted by Gasteiger charge is 2.20. The summed E-state index contributed by atoms with van der Waals surface area (Å²) in [5.74, 6) is 0.549. The molecule has 3 aromatic rings. The first-order valence-corrected chi connectivity index (χ1v) is 10.5. The Hall–Kier alpha value is -2.76. The lowest BCUT2D eigenvalue weighted by molar-refractivity contribution is 0.179. The molecule has 0 unspecified atom stereocenters. The smallest absolute Gasteiger partial charge is 0.183 e. The number of hydrogen-bond donors (Lipinski definition) is 2. The number of hydrogen-bond acceptors (Lipinski definition) is 6. The molecule has 7 nitrogen and oxygen atoms in total. The maximum absolute atomic E-state index is 14.4. The van der Waals surface area contributed by atoms with Crippen LogP contribution in [0.15, 0.2) is 24.7 Å². The average Bonchev–Trinajstić information content (AvgIpc) is 3.17. The van der Waals surface area contributed by atoms with Gasteiger partial charge in [0.25, 0.3) is 0 Å². The number of nitrogens with one attached hydrogen (secondary N) is 2. The Morgan fingerprint density at radius 1 is 1.37 bits per heavy atom. The van der Waals surface area contributed by atoms with E-state index in [0.29, 0.717) is 35.4 Å². The van der Waals surface area contributed by atoms with Crippen molar-refractivity contribution in [1.29, 1.82) is 5.26 Å². The lowest BCUT2D eigenvalue weighted by Gasteiger charge is -2.32. The molecule has 0 amide bonds. The van der Waals surface area contributed by atoms with Crippen LogP contribution in [0.4, 0.5) is 10.2 Å². The van der Waals surface area contributed by atoms with Crippen molar-refractivity contribution in [3.05, 3.63) is 35.5 Å². The van der Waals surface area contributed by atoms with E-state index in [-0.39, 0.29) is 5.82 Å². The van der Waals surface area contributed by atoms with Crippen molar-refractivity contribution in [1.82, 2.24) is 24.8 Å². The molecular weight excluding hydrogens is 405 g/mol. The number of nitrogens with zero attached hydrogens (tertiary/aromatic N) is 5. The number of fused-ring (bicyclic) bond motifs is 1. The van der Waals surface area contributed by atoms with Crippen molar-refractivity contribution in [2.45, 2.75) is 25.7 Å². The summed E-state index contributed by atoms with van der Waals surface area (Å²) in [6.45, 7) is 3.59. The number of pyridine rings is 1. The second-order valence-corrected chi connectivity index (χ2v) is 8.03. The van der Waals surface area contributed by atoms with Gasteiger partial charge in [0.05, 0.1) is 17.3 Å². The molecule has 1 fully saturated rings. The van der Waals surface area contributed by atoms with Crippen LogP contribution < -0.4 is 5.32 Å². The van der Waals surface area contributed by atoms with E-state index < -0.39 is 5.82 Å². The van der Waals surface area contributed by atoms with Gasteiger partial charge in [-0.15, -0.1) is 0 Å². The van der Waals surface area contributed by atoms with E-state index in [1.807, 2.05) is 0 Å². The molecular formula is C21H23ClFN7. The molecule has 0 aromatic carbocycles. The summed E-state index contributed by atoms with van der Waals surface area (Å²) < 4.78 is 14.4. The van der Waals surface area contributed by atoms with Crippen LogP contribution in [-0.2, 0) is 0 Å². The molecule has 0 radical (unpaired) electrons. The van der Waals surface area contributed by atoms with E-state index >= 15 is 0 Å². The van der Waals surface area contributed by atoms with Gasteiger partial charge in [-0.2, -0.15) is 5.26 Å². The van der Waals surface area contributed by atoms with Gasteiger partial charge in [-0.25, -0.2) is 19.3 Å². The third-order valence-corrected chi connectivity index (χ3v) is 5.61. The van der Waals surface area contributed by atoms with Crippen LogP contribution in [0, 0.1) is 23.1 Å². The van der Waals surface area contributed by atoms with Gasteiger partial charge in [0.1, 0.15) is 5.65 Å². The molecule has 4 rings (SSSR count). The molecule has 0 spiro atoms. The quantitative estimate of drug-likeness (QED) is 0.548. The monoisotopic (exact) mass is 427 g/mol. The number of anilines is 1. The summed E-state index contributed by atoms with van der Waals surface area (Å²) in [6.07, 6.45) is 8.19. The highest BCUT2D eigenvalue weighted by atomic mass is 35.5. The van der Waals surface area contributed by atoms with Gasteiger partial charge in [-0.05, 0) is 44.3 Å². The summed E-state index contributed by atoms with van der Waals surface area (Å²) in [5.41, 5.74) is 1.40. The van der Waals surface area contributed by atoms with Gasteiger partial charge in [0.15, 0.2) is 17.5 Å². The largest absolute Gasteiger partial charge is 0.367 e. The number of likely N-dealkylation sites (tertiary alicyclic amines) is 1. The van der Waals surface area contributed by atoms with E-state index in [2.05, 4.69) is 36.2 Å². The summed E-state index contributed by atoms with van der Waals surface area (Å²) in [5, 5.41) is 13.2. The van der Waals surface area contributed by atoms with Crippen molar-refractivity contribution < 1.29 is 4.39 Å². The number of aromatic nitrogens is 4. The third-order valence-electron chi connectivity index (χ3n) is 5.41. The van der Waals surface area contributed by atoms with Crippen LogP contribution in [0.3, 0.4) is 0 Å². The molecule has 3 aromatic heterocycles. The highest BCUT2D eigenvalue weighted by molar-refractivity contribution is 6.31. The van der Waals surface area contributed by atoms with Gasteiger partial charge in [0.2, 0.25) is 0 Å². The average molecular weight is 428 g/mol. The van der Waals surface area contributed by atoms with Crippen LogP contribution in [0.2, 0.25) is 5.02 Å². The van der Waals surface area contributed by atoms with Crippen molar-refractivity contribution in [2.24, 2.45) is 5.92 Å². The zero-order valence-corrected chi connectivity index (χ0v) is 17.3. The van der Waals surface area contributed by atoms with E-state index in [9.17, 15) is 4.39 Å². The van der Waals surface area contributed by atoms with Gasteiger partial charge in [-0.1, -0.05) is 11.6 Å². The summed E-state index contributed by atoms with van der Waals surface area (Å²) in [4.78, 5) is 18.3. The molecule has 1 saturated heterocycles. The number of rotatable bonds is 7. The second kappa shape index (κ2) is 9.37. The summed E-state index contributed by atoms with van der Waals surface area (Å²) in [6, 6.07) is 3.98. The van der Waals surface area contributed by atoms with Crippen molar-refractivity contribution in [3.63, 3.8) is 0 Å². The predicted molar refractivity (Wildman–Crippen MR) is 115 cm³/mol. The molecule has 0 bridgehead atoms. The fraction of sp³-hybridized carbons (Fsp3) is 0.429. The lowest BCUT2D eigenvalue weighted by Crippen LogP contribution is -2.38. The molecule has 9 heteroatoms. The fourth-order valence-corrected chi connectivity index (χ4v) is 4.09. The first kappa shape index (κ1) is 20.5. The highest BCUT2D eigenvalue weighted by Crippen LogP contribution is 2.28. The Kier molecular flexibility index (Phi) is 6.41. The maximum Gasteiger partial charge on any atom is 0.183 e. The molecule has 2 N–H and O–H groups in total. The topological polar surface area (TPSA) is 93.5 Å². The number of unbranched alkanes of at least 4 members (excludes halogenated alkanes) is 1. The predicted octanol–water partition coefficient (Wildman–Crippen LogP) is 4.24. The Labute approximate surface area is 179 Å². The van der Waals surface area contributed by atoms with Gasteiger partial charge in [-0.3, -0.25) is 0 Å². The van der Waals surface area contributed by atoms with E-state index in [1.54, 1.807) is 18.5 Å². The number of aromatic amines is 1. The van der Waals surface area contributed by atoms with Crippen LogP contribution in [0.1, 0.15) is 25.7 Å². The molecule has 0 saturated carbocycles. The summed E-state index contributed by atoms with van der Waals surface area (Å²) in [7, 11) is 0.